The molecule has 1 aromatic heterocycles. The maximum absolute atomic E-state index is 9.97. The predicted molar refractivity (Wildman–Crippen MR) is 67.9 cm³/mol. The van der Waals surface area contributed by atoms with Gasteiger partial charge in [-0.3, -0.25) is 4.98 Å². The van der Waals surface area contributed by atoms with Crippen LogP contribution >= 0.6 is 0 Å². The molecule has 1 rings (SSSR count). The van der Waals surface area contributed by atoms with Crippen molar-refractivity contribution in [3.8, 4) is 5.75 Å². The lowest BCUT2D eigenvalue weighted by Gasteiger charge is -2.23. The first-order valence-electron chi connectivity index (χ1n) is 6.03. The molecular weight excluding hydrogens is 216 g/mol. The molecule has 1 unspecified atom stereocenters. The molecule has 4 nitrogen and oxygen atoms in total. The Kier molecular flexibility index (Phi) is 4.90. The Labute approximate surface area is 103 Å². The highest BCUT2D eigenvalue weighted by molar-refractivity contribution is 5.27. The lowest BCUT2D eigenvalue weighted by Crippen LogP contribution is -2.37. The fourth-order valence-electron chi connectivity index (χ4n) is 1.81. The largest absolute Gasteiger partial charge is 0.506 e. The van der Waals surface area contributed by atoms with Crippen molar-refractivity contribution in [2.75, 3.05) is 6.54 Å². The van der Waals surface area contributed by atoms with Gasteiger partial charge in [0.2, 0.25) is 0 Å². The maximum Gasteiger partial charge on any atom is 0.138 e. The Bertz CT molecular complexity index is 364. The van der Waals surface area contributed by atoms with E-state index in [0.29, 0.717) is 18.8 Å². The Hall–Kier alpha value is -1.13. The minimum Gasteiger partial charge on any atom is -0.506 e. The van der Waals surface area contributed by atoms with Crippen molar-refractivity contribution >= 4 is 0 Å². The molecule has 4 heteroatoms. The fourth-order valence-corrected chi connectivity index (χ4v) is 1.81. The molecule has 0 aliphatic heterocycles. The lowest BCUT2D eigenvalue weighted by molar-refractivity contribution is 0.0496. The number of aromatic nitrogens is 1. The normalized spacial score (nSPS) is 14.6. The van der Waals surface area contributed by atoms with E-state index in [9.17, 15) is 10.2 Å². The van der Waals surface area contributed by atoms with E-state index in [0.717, 1.165) is 18.5 Å². The topological polar surface area (TPSA) is 65.4 Å². The first kappa shape index (κ1) is 13.9. The van der Waals surface area contributed by atoms with E-state index in [1.54, 1.807) is 12.1 Å². The average Bonchev–Trinajstić information content (AvgIpc) is 2.23. The second-order valence-electron chi connectivity index (χ2n) is 4.77. The molecule has 1 heterocycles. The maximum atomic E-state index is 9.97. The molecule has 1 atom stereocenters. The number of pyridine rings is 1. The molecule has 0 saturated carbocycles. The van der Waals surface area contributed by atoms with Gasteiger partial charge in [0.05, 0.1) is 11.3 Å². The van der Waals surface area contributed by atoms with Gasteiger partial charge >= 0.3 is 0 Å². The third-order valence-electron chi connectivity index (χ3n) is 2.68. The summed E-state index contributed by atoms with van der Waals surface area (Å²) in [6.07, 6.45) is 1.70. The van der Waals surface area contributed by atoms with Gasteiger partial charge < -0.3 is 15.5 Å². The number of aliphatic hydroxyl groups is 1. The van der Waals surface area contributed by atoms with E-state index in [4.69, 9.17) is 0 Å². The Morgan fingerprint density at radius 3 is 2.76 bits per heavy atom. The number of aromatic hydroxyl groups is 1. The van der Waals surface area contributed by atoms with Crippen LogP contribution in [0, 0.1) is 6.92 Å². The molecule has 0 fully saturated rings. The van der Waals surface area contributed by atoms with Crippen molar-refractivity contribution in [2.24, 2.45) is 0 Å². The average molecular weight is 238 g/mol. The summed E-state index contributed by atoms with van der Waals surface area (Å²) in [5, 5.41) is 22.7. The van der Waals surface area contributed by atoms with Gasteiger partial charge in [0.15, 0.2) is 0 Å². The number of nitrogens with zero attached hydrogens (tertiary/aromatic N) is 1. The highest BCUT2D eigenvalue weighted by Gasteiger charge is 2.18. The zero-order valence-corrected chi connectivity index (χ0v) is 10.8. The second-order valence-corrected chi connectivity index (χ2v) is 4.77. The van der Waals surface area contributed by atoms with Crippen LogP contribution in [0.25, 0.3) is 0 Å². The molecule has 0 saturated heterocycles. The van der Waals surface area contributed by atoms with Crippen molar-refractivity contribution in [2.45, 2.75) is 45.8 Å². The zero-order chi connectivity index (χ0) is 12.9. The van der Waals surface area contributed by atoms with Crippen LogP contribution in [0.5, 0.6) is 5.75 Å². The van der Waals surface area contributed by atoms with Crippen LogP contribution in [0.15, 0.2) is 12.1 Å². The van der Waals surface area contributed by atoms with E-state index >= 15 is 0 Å². The Morgan fingerprint density at radius 2 is 2.12 bits per heavy atom. The summed E-state index contributed by atoms with van der Waals surface area (Å²) in [5.74, 6) is 0.193. The third-order valence-corrected chi connectivity index (χ3v) is 2.68. The Balaban J connectivity index is 2.48. The SMILES string of the molecule is CCCC(C)(O)CNCc1nc(C)ccc1O. The van der Waals surface area contributed by atoms with E-state index in [1.165, 1.54) is 0 Å². The van der Waals surface area contributed by atoms with Gasteiger partial charge in [-0.05, 0) is 32.4 Å². The van der Waals surface area contributed by atoms with Gasteiger partial charge in [-0.15, -0.1) is 0 Å². The first-order valence-corrected chi connectivity index (χ1v) is 6.03. The van der Waals surface area contributed by atoms with Crippen molar-refractivity contribution in [1.29, 1.82) is 0 Å². The minimum atomic E-state index is -0.700. The zero-order valence-electron chi connectivity index (χ0n) is 10.8. The van der Waals surface area contributed by atoms with E-state index < -0.39 is 5.60 Å². The number of hydrogen-bond donors (Lipinski definition) is 3. The summed E-state index contributed by atoms with van der Waals surface area (Å²) in [5.41, 5.74) is 0.797. The molecule has 0 aromatic carbocycles. The van der Waals surface area contributed by atoms with Crippen molar-refractivity contribution in [1.82, 2.24) is 10.3 Å². The minimum absolute atomic E-state index is 0.193. The highest BCUT2D eigenvalue weighted by Crippen LogP contribution is 2.15. The summed E-state index contributed by atoms with van der Waals surface area (Å²) >= 11 is 0. The van der Waals surface area contributed by atoms with Gasteiger partial charge in [0, 0.05) is 18.8 Å². The van der Waals surface area contributed by atoms with Crippen LogP contribution in [0.2, 0.25) is 0 Å². The number of hydrogen-bond acceptors (Lipinski definition) is 4. The smallest absolute Gasteiger partial charge is 0.138 e. The molecule has 0 spiro atoms. The number of rotatable bonds is 6. The number of aryl methyl sites for hydroxylation is 1. The molecule has 0 bridgehead atoms. The number of nitrogens with one attached hydrogen (secondary N) is 1. The summed E-state index contributed by atoms with van der Waals surface area (Å²) in [7, 11) is 0. The summed E-state index contributed by atoms with van der Waals surface area (Å²) in [6, 6.07) is 3.41. The molecule has 0 amide bonds. The summed E-state index contributed by atoms with van der Waals surface area (Å²) in [6.45, 7) is 6.70. The molecular formula is C13H22N2O2. The molecule has 0 radical (unpaired) electrons. The van der Waals surface area contributed by atoms with E-state index in [1.807, 2.05) is 20.8 Å². The first-order chi connectivity index (χ1) is 7.94. The van der Waals surface area contributed by atoms with Gasteiger partial charge in [-0.25, -0.2) is 0 Å². The fraction of sp³-hybridized carbons (Fsp3) is 0.615. The lowest BCUT2D eigenvalue weighted by atomic mass is 10.0. The van der Waals surface area contributed by atoms with Gasteiger partial charge in [0.25, 0.3) is 0 Å². The molecule has 3 N–H and O–H groups in total. The molecule has 96 valence electrons. The van der Waals surface area contributed by atoms with Crippen LogP contribution in [0.4, 0.5) is 0 Å². The molecule has 0 aliphatic rings. The quantitative estimate of drug-likeness (QED) is 0.706. The van der Waals surface area contributed by atoms with Crippen LogP contribution in [-0.4, -0.2) is 27.3 Å². The van der Waals surface area contributed by atoms with Gasteiger partial charge in [-0.1, -0.05) is 13.3 Å². The predicted octanol–water partition coefficient (Wildman–Crippen LogP) is 1.74. The van der Waals surface area contributed by atoms with Crippen molar-refractivity contribution < 1.29 is 10.2 Å². The van der Waals surface area contributed by atoms with Crippen LogP contribution in [-0.2, 0) is 6.54 Å². The highest BCUT2D eigenvalue weighted by atomic mass is 16.3. The van der Waals surface area contributed by atoms with Gasteiger partial charge in [0.1, 0.15) is 5.75 Å². The van der Waals surface area contributed by atoms with Crippen LogP contribution < -0.4 is 5.32 Å². The van der Waals surface area contributed by atoms with Crippen LogP contribution in [0.3, 0.4) is 0 Å². The molecule has 0 aliphatic carbocycles. The third kappa shape index (κ3) is 4.71. The summed E-state index contributed by atoms with van der Waals surface area (Å²) < 4.78 is 0. The van der Waals surface area contributed by atoms with Crippen molar-refractivity contribution in [3.63, 3.8) is 0 Å². The van der Waals surface area contributed by atoms with Gasteiger partial charge in [-0.2, -0.15) is 0 Å². The van der Waals surface area contributed by atoms with E-state index in [2.05, 4.69) is 10.3 Å². The second kappa shape index (κ2) is 5.98. The van der Waals surface area contributed by atoms with E-state index in [-0.39, 0.29) is 5.75 Å². The monoisotopic (exact) mass is 238 g/mol. The summed E-state index contributed by atoms with van der Waals surface area (Å²) in [4.78, 5) is 4.24. The standard InChI is InChI=1S/C13H22N2O2/c1-4-7-13(3,17)9-14-8-11-12(16)6-5-10(2)15-11/h5-6,14,16-17H,4,7-9H2,1-3H3. The molecule has 1 aromatic rings. The molecule has 17 heavy (non-hydrogen) atoms. The van der Waals surface area contributed by atoms with Crippen LogP contribution in [0.1, 0.15) is 38.1 Å². The van der Waals surface area contributed by atoms with Crippen molar-refractivity contribution in [3.05, 3.63) is 23.5 Å². The Morgan fingerprint density at radius 1 is 1.41 bits per heavy atom.